The van der Waals surface area contributed by atoms with E-state index < -0.39 is 0 Å². The van der Waals surface area contributed by atoms with Gasteiger partial charge in [-0.2, -0.15) is 5.26 Å². The summed E-state index contributed by atoms with van der Waals surface area (Å²) in [7, 11) is 0. The van der Waals surface area contributed by atoms with Gasteiger partial charge in [-0.15, -0.1) is 0 Å². The van der Waals surface area contributed by atoms with E-state index in [1.807, 2.05) is 6.07 Å². The fourth-order valence-electron chi connectivity index (χ4n) is 1.45. The fourth-order valence-corrected chi connectivity index (χ4v) is 1.45. The lowest BCUT2D eigenvalue weighted by Gasteiger charge is -2.00. The van der Waals surface area contributed by atoms with E-state index in [9.17, 15) is 4.39 Å². The summed E-state index contributed by atoms with van der Waals surface area (Å²) in [6.07, 6.45) is 0.781. The molecule has 0 aromatic heterocycles. The zero-order chi connectivity index (χ0) is 10.7. The average Bonchev–Trinajstić information content (AvgIpc) is 2.68. The Balaban J connectivity index is 2.08. The first-order chi connectivity index (χ1) is 7.29. The van der Waals surface area contributed by atoms with Crippen LogP contribution in [0, 0.1) is 17.1 Å². The molecule has 0 bridgehead atoms. The molecule has 76 valence electrons. The number of hydrogen-bond donors (Lipinski definition) is 0. The molecule has 0 amide bonds. The molecule has 1 unspecified atom stereocenters. The number of halogens is 1. The average molecular weight is 204 g/mol. The number of hydrogen-bond acceptors (Lipinski definition) is 3. The SMILES string of the molecule is N#CCC1CC(c2ccc(F)cc2)=NO1. The van der Waals surface area contributed by atoms with Crippen molar-refractivity contribution < 1.29 is 9.23 Å². The van der Waals surface area contributed by atoms with Crippen LogP contribution >= 0.6 is 0 Å². The van der Waals surface area contributed by atoms with Crippen LogP contribution in [-0.2, 0) is 4.84 Å². The highest BCUT2D eigenvalue weighted by Crippen LogP contribution is 2.18. The molecule has 15 heavy (non-hydrogen) atoms. The van der Waals surface area contributed by atoms with Crippen molar-refractivity contribution in [3.05, 3.63) is 35.6 Å². The standard InChI is InChI=1S/C11H9FN2O/c12-9-3-1-8(2-4-9)11-7-10(5-6-13)15-14-11/h1-4,10H,5,7H2. The molecule has 2 rings (SSSR count). The van der Waals surface area contributed by atoms with Crippen LogP contribution in [0.5, 0.6) is 0 Å². The Labute approximate surface area is 86.8 Å². The fraction of sp³-hybridized carbons (Fsp3) is 0.273. The second-order valence-electron chi connectivity index (χ2n) is 3.34. The number of nitriles is 1. The predicted octanol–water partition coefficient (Wildman–Crippen LogP) is 2.23. The molecule has 4 heteroatoms. The maximum atomic E-state index is 12.7. The minimum atomic E-state index is -0.271. The van der Waals surface area contributed by atoms with Crippen LogP contribution in [0.3, 0.4) is 0 Å². The number of benzene rings is 1. The van der Waals surface area contributed by atoms with Gasteiger partial charge >= 0.3 is 0 Å². The molecule has 1 aromatic rings. The van der Waals surface area contributed by atoms with Gasteiger partial charge in [0.2, 0.25) is 0 Å². The maximum absolute atomic E-state index is 12.7. The Morgan fingerprint density at radius 1 is 1.47 bits per heavy atom. The van der Waals surface area contributed by atoms with E-state index in [4.69, 9.17) is 10.1 Å². The van der Waals surface area contributed by atoms with Gasteiger partial charge in [-0.3, -0.25) is 0 Å². The summed E-state index contributed by atoms with van der Waals surface area (Å²) in [5.74, 6) is -0.271. The second kappa shape index (κ2) is 4.09. The van der Waals surface area contributed by atoms with E-state index in [0.717, 1.165) is 11.3 Å². The molecule has 0 N–H and O–H groups in total. The third-order valence-electron chi connectivity index (χ3n) is 2.23. The molecule has 1 aromatic carbocycles. The van der Waals surface area contributed by atoms with Crippen LogP contribution < -0.4 is 0 Å². The summed E-state index contributed by atoms with van der Waals surface area (Å²) in [6, 6.07) is 8.12. The molecule has 0 fully saturated rings. The Morgan fingerprint density at radius 2 is 2.20 bits per heavy atom. The highest BCUT2D eigenvalue weighted by atomic mass is 19.1. The van der Waals surface area contributed by atoms with Crippen molar-refractivity contribution in [3.8, 4) is 6.07 Å². The van der Waals surface area contributed by atoms with Crippen LogP contribution in [0.1, 0.15) is 18.4 Å². The molecule has 1 heterocycles. The highest BCUT2D eigenvalue weighted by molar-refractivity contribution is 6.01. The van der Waals surface area contributed by atoms with Gasteiger partial charge in [0.1, 0.15) is 11.9 Å². The maximum Gasteiger partial charge on any atom is 0.146 e. The van der Waals surface area contributed by atoms with Crippen molar-refractivity contribution >= 4 is 5.71 Å². The van der Waals surface area contributed by atoms with Gasteiger partial charge in [-0.05, 0) is 17.7 Å². The Bertz CT molecular complexity index is 419. The molecule has 1 aliphatic heterocycles. The lowest BCUT2D eigenvalue weighted by molar-refractivity contribution is 0.0891. The van der Waals surface area contributed by atoms with Gasteiger partial charge in [-0.25, -0.2) is 4.39 Å². The quantitative estimate of drug-likeness (QED) is 0.741. The van der Waals surface area contributed by atoms with Crippen LogP contribution in [-0.4, -0.2) is 11.8 Å². The van der Waals surface area contributed by atoms with E-state index in [-0.39, 0.29) is 11.9 Å². The van der Waals surface area contributed by atoms with Crippen LogP contribution in [0.15, 0.2) is 29.4 Å². The summed E-state index contributed by atoms with van der Waals surface area (Å²) in [5, 5.41) is 12.4. The summed E-state index contributed by atoms with van der Waals surface area (Å²) in [4.78, 5) is 5.06. The van der Waals surface area contributed by atoms with Gasteiger partial charge in [0.05, 0.1) is 18.2 Å². The van der Waals surface area contributed by atoms with Crippen LogP contribution in [0.2, 0.25) is 0 Å². The van der Waals surface area contributed by atoms with Crippen molar-refractivity contribution in [3.63, 3.8) is 0 Å². The first kappa shape index (κ1) is 9.66. The predicted molar refractivity (Wildman–Crippen MR) is 52.7 cm³/mol. The lowest BCUT2D eigenvalue weighted by atomic mass is 10.0. The van der Waals surface area contributed by atoms with Crippen molar-refractivity contribution in [2.75, 3.05) is 0 Å². The Morgan fingerprint density at radius 3 is 2.87 bits per heavy atom. The second-order valence-corrected chi connectivity index (χ2v) is 3.34. The molecule has 0 radical (unpaired) electrons. The third kappa shape index (κ3) is 2.13. The zero-order valence-corrected chi connectivity index (χ0v) is 7.98. The largest absolute Gasteiger partial charge is 0.391 e. The van der Waals surface area contributed by atoms with Crippen molar-refractivity contribution in [1.29, 1.82) is 5.26 Å². The summed E-state index contributed by atoms with van der Waals surface area (Å²) in [6.45, 7) is 0. The summed E-state index contributed by atoms with van der Waals surface area (Å²) < 4.78 is 12.7. The molecule has 0 spiro atoms. The number of nitrogens with zero attached hydrogens (tertiary/aromatic N) is 2. The number of rotatable bonds is 2. The van der Waals surface area contributed by atoms with Gasteiger partial charge in [-0.1, -0.05) is 17.3 Å². The molecular formula is C11H9FN2O. The Kier molecular flexibility index (Phi) is 2.64. The molecule has 1 atom stereocenters. The van der Waals surface area contributed by atoms with Crippen LogP contribution in [0.25, 0.3) is 0 Å². The highest BCUT2D eigenvalue weighted by Gasteiger charge is 2.21. The van der Waals surface area contributed by atoms with E-state index in [0.29, 0.717) is 12.8 Å². The van der Waals surface area contributed by atoms with Crippen LogP contribution in [0.4, 0.5) is 4.39 Å². The normalized spacial score (nSPS) is 19.2. The van der Waals surface area contributed by atoms with Gasteiger partial charge in [0.25, 0.3) is 0 Å². The first-order valence-electron chi connectivity index (χ1n) is 4.65. The van der Waals surface area contributed by atoms with Gasteiger partial charge in [0, 0.05) is 6.42 Å². The monoisotopic (exact) mass is 204 g/mol. The van der Waals surface area contributed by atoms with E-state index in [1.54, 1.807) is 12.1 Å². The minimum absolute atomic E-state index is 0.157. The van der Waals surface area contributed by atoms with Crippen molar-refractivity contribution in [2.45, 2.75) is 18.9 Å². The molecule has 1 aliphatic rings. The molecule has 3 nitrogen and oxygen atoms in total. The van der Waals surface area contributed by atoms with Gasteiger partial charge < -0.3 is 4.84 Å². The van der Waals surface area contributed by atoms with E-state index in [2.05, 4.69) is 5.16 Å². The summed E-state index contributed by atoms with van der Waals surface area (Å²) >= 11 is 0. The van der Waals surface area contributed by atoms with Gasteiger partial charge in [0.15, 0.2) is 0 Å². The number of oxime groups is 1. The molecular weight excluding hydrogens is 195 g/mol. The van der Waals surface area contributed by atoms with Crippen molar-refractivity contribution in [2.24, 2.45) is 5.16 Å². The van der Waals surface area contributed by atoms with E-state index in [1.165, 1.54) is 12.1 Å². The summed E-state index contributed by atoms with van der Waals surface area (Å²) in [5.41, 5.74) is 1.62. The smallest absolute Gasteiger partial charge is 0.146 e. The van der Waals surface area contributed by atoms with Crippen molar-refractivity contribution in [1.82, 2.24) is 0 Å². The Hall–Kier alpha value is -1.89. The molecule has 0 saturated carbocycles. The zero-order valence-electron chi connectivity index (χ0n) is 7.98. The molecule has 0 saturated heterocycles. The topological polar surface area (TPSA) is 45.4 Å². The third-order valence-corrected chi connectivity index (χ3v) is 2.23. The first-order valence-corrected chi connectivity index (χ1v) is 4.65. The minimum Gasteiger partial charge on any atom is -0.391 e. The lowest BCUT2D eigenvalue weighted by Crippen LogP contribution is -2.07. The van der Waals surface area contributed by atoms with E-state index >= 15 is 0 Å². The molecule has 0 aliphatic carbocycles.